The van der Waals surface area contributed by atoms with Gasteiger partial charge in [0.05, 0.1) is 0 Å². The molecule has 0 saturated heterocycles. The molecule has 0 aromatic carbocycles. The molecule has 20 heavy (non-hydrogen) atoms. The molecular weight excluding hydrogens is 256 g/mol. The predicted octanol–water partition coefficient (Wildman–Crippen LogP) is 1.87. The van der Waals surface area contributed by atoms with Crippen LogP contribution in [0.15, 0.2) is 0 Å². The van der Waals surface area contributed by atoms with E-state index in [0.717, 1.165) is 25.8 Å². The van der Waals surface area contributed by atoms with Crippen LogP contribution in [0.4, 0.5) is 0 Å². The molecule has 0 radical (unpaired) electrons. The SMILES string of the molecule is CC(=O)NC(CN(CCC(C)C)C1CCCC1)C(=O)O. The molecule has 0 heterocycles. The summed E-state index contributed by atoms with van der Waals surface area (Å²) in [6.07, 6.45) is 5.79. The van der Waals surface area contributed by atoms with Crippen molar-refractivity contribution in [2.75, 3.05) is 13.1 Å². The molecule has 1 aliphatic rings. The van der Waals surface area contributed by atoms with Crippen LogP contribution >= 0.6 is 0 Å². The number of rotatable bonds is 8. The molecule has 1 unspecified atom stereocenters. The molecule has 2 N–H and O–H groups in total. The number of nitrogens with one attached hydrogen (secondary N) is 1. The molecule has 1 rings (SSSR count). The van der Waals surface area contributed by atoms with Crippen molar-refractivity contribution in [1.29, 1.82) is 0 Å². The highest BCUT2D eigenvalue weighted by molar-refractivity contribution is 5.82. The van der Waals surface area contributed by atoms with Gasteiger partial charge in [0.2, 0.25) is 5.91 Å². The molecule has 1 atom stereocenters. The van der Waals surface area contributed by atoms with Crippen LogP contribution in [-0.2, 0) is 9.59 Å². The Morgan fingerprint density at radius 1 is 1.30 bits per heavy atom. The number of carbonyl (C=O) groups is 2. The van der Waals surface area contributed by atoms with Gasteiger partial charge in [-0.05, 0) is 31.7 Å². The van der Waals surface area contributed by atoms with Crippen LogP contribution in [0.1, 0.15) is 52.9 Å². The Morgan fingerprint density at radius 3 is 2.35 bits per heavy atom. The van der Waals surface area contributed by atoms with E-state index in [4.69, 9.17) is 0 Å². The first-order valence-electron chi connectivity index (χ1n) is 7.64. The summed E-state index contributed by atoms with van der Waals surface area (Å²) in [6.45, 7) is 7.03. The summed E-state index contributed by atoms with van der Waals surface area (Å²) in [5.74, 6) is -0.636. The summed E-state index contributed by atoms with van der Waals surface area (Å²) < 4.78 is 0. The van der Waals surface area contributed by atoms with Gasteiger partial charge in [-0.1, -0.05) is 26.7 Å². The van der Waals surface area contributed by atoms with E-state index in [0.29, 0.717) is 18.5 Å². The van der Waals surface area contributed by atoms with E-state index >= 15 is 0 Å². The molecule has 5 heteroatoms. The van der Waals surface area contributed by atoms with Crippen LogP contribution in [0.2, 0.25) is 0 Å². The second kappa shape index (κ2) is 8.25. The third-order valence-corrected chi connectivity index (χ3v) is 3.93. The van der Waals surface area contributed by atoms with Crippen LogP contribution in [0.5, 0.6) is 0 Å². The molecule has 5 nitrogen and oxygen atoms in total. The number of aliphatic carboxylic acids is 1. The Balaban J connectivity index is 2.64. The fourth-order valence-electron chi connectivity index (χ4n) is 2.78. The quantitative estimate of drug-likeness (QED) is 0.714. The third kappa shape index (κ3) is 5.90. The van der Waals surface area contributed by atoms with Crippen LogP contribution in [0, 0.1) is 5.92 Å². The highest BCUT2D eigenvalue weighted by Crippen LogP contribution is 2.24. The maximum Gasteiger partial charge on any atom is 0.327 e. The molecule has 116 valence electrons. The molecule has 1 aliphatic carbocycles. The zero-order chi connectivity index (χ0) is 15.1. The highest BCUT2D eigenvalue weighted by Gasteiger charge is 2.28. The molecule has 0 aromatic heterocycles. The van der Waals surface area contributed by atoms with Crippen molar-refractivity contribution in [3.05, 3.63) is 0 Å². The minimum Gasteiger partial charge on any atom is -0.480 e. The lowest BCUT2D eigenvalue weighted by Crippen LogP contribution is -2.50. The normalized spacial score (nSPS) is 17.6. The minimum atomic E-state index is -0.951. The fraction of sp³-hybridized carbons (Fsp3) is 0.867. The topological polar surface area (TPSA) is 69.6 Å². The third-order valence-electron chi connectivity index (χ3n) is 3.93. The van der Waals surface area contributed by atoms with E-state index in [1.807, 2.05) is 0 Å². The molecular formula is C15H28N2O3. The van der Waals surface area contributed by atoms with E-state index in [-0.39, 0.29) is 5.91 Å². The molecule has 1 amide bonds. The monoisotopic (exact) mass is 284 g/mol. The Kier molecular flexibility index (Phi) is 6.99. The summed E-state index contributed by atoms with van der Waals surface area (Å²) in [5.41, 5.74) is 0. The lowest BCUT2D eigenvalue weighted by atomic mass is 10.1. The van der Waals surface area contributed by atoms with Crippen LogP contribution in [-0.4, -0.2) is 47.1 Å². The van der Waals surface area contributed by atoms with Crippen LogP contribution in [0.25, 0.3) is 0 Å². The van der Waals surface area contributed by atoms with Crippen molar-refractivity contribution in [3.63, 3.8) is 0 Å². The Labute approximate surface area is 121 Å². The average Bonchev–Trinajstić information content (AvgIpc) is 2.85. The molecule has 0 aliphatic heterocycles. The number of carboxylic acid groups (broad SMARTS) is 1. The van der Waals surface area contributed by atoms with Crippen molar-refractivity contribution in [2.45, 2.75) is 65.0 Å². The fourth-order valence-corrected chi connectivity index (χ4v) is 2.78. The van der Waals surface area contributed by atoms with Gasteiger partial charge in [-0.15, -0.1) is 0 Å². The van der Waals surface area contributed by atoms with Gasteiger partial charge in [-0.3, -0.25) is 9.69 Å². The smallest absolute Gasteiger partial charge is 0.327 e. The summed E-state index contributed by atoms with van der Waals surface area (Å²) in [4.78, 5) is 24.7. The van der Waals surface area contributed by atoms with E-state index in [1.165, 1.54) is 19.8 Å². The maximum atomic E-state index is 11.3. The van der Waals surface area contributed by atoms with Gasteiger partial charge in [0.25, 0.3) is 0 Å². The Morgan fingerprint density at radius 2 is 1.90 bits per heavy atom. The average molecular weight is 284 g/mol. The lowest BCUT2D eigenvalue weighted by Gasteiger charge is -2.31. The lowest BCUT2D eigenvalue weighted by molar-refractivity contribution is -0.142. The van der Waals surface area contributed by atoms with Crippen LogP contribution in [0.3, 0.4) is 0 Å². The number of nitrogens with zero attached hydrogens (tertiary/aromatic N) is 1. The largest absolute Gasteiger partial charge is 0.480 e. The zero-order valence-corrected chi connectivity index (χ0v) is 12.9. The molecule has 0 spiro atoms. The number of carboxylic acids is 1. The Bertz CT molecular complexity index is 325. The van der Waals surface area contributed by atoms with Gasteiger partial charge in [-0.25, -0.2) is 4.79 Å². The van der Waals surface area contributed by atoms with Gasteiger partial charge in [0, 0.05) is 19.5 Å². The van der Waals surface area contributed by atoms with Gasteiger partial charge < -0.3 is 10.4 Å². The summed E-state index contributed by atoms with van der Waals surface area (Å²) in [5, 5.41) is 11.8. The van der Waals surface area contributed by atoms with Gasteiger partial charge in [0.15, 0.2) is 0 Å². The maximum absolute atomic E-state index is 11.3. The number of amides is 1. The van der Waals surface area contributed by atoms with Crippen molar-refractivity contribution < 1.29 is 14.7 Å². The van der Waals surface area contributed by atoms with E-state index in [2.05, 4.69) is 24.1 Å². The number of hydrogen-bond acceptors (Lipinski definition) is 3. The molecule has 0 aromatic rings. The van der Waals surface area contributed by atoms with E-state index < -0.39 is 12.0 Å². The standard InChI is InChI=1S/C15H28N2O3/c1-11(2)8-9-17(13-6-4-5-7-13)10-14(15(19)20)16-12(3)18/h11,13-14H,4-10H2,1-3H3,(H,16,18)(H,19,20). The predicted molar refractivity (Wildman–Crippen MR) is 78.5 cm³/mol. The number of carbonyl (C=O) groups excluding carboxylic acids is 1. The highest BCUT2D eigenvalue weighted by atomic mass is 16.4. The van der Waals surface area contributed by atoms with Crippen molar-refractivity contribution >= 4 is 11.9 Å². The zero-order valence-electron chi connectivity index (χ0n) is 12.9. The van der Waals surface area contributed by atoms with Crippen molar-refractivity contribution in [3.8, 4) is 0 Å². The summed E-state index contributed by atoms with van der Waals surface area (Å²) in [7, 11) is 0. The Hall–Kier alpha value is -1.10. The number of hydrogen-bond donors (Lipinski definition) is 2. The van der Waals surface area contributed by atoms with Crippen LogP contribution < -0.4 is 5.32 Å². The van der Waals surface area contributed by atoms with E-state index in [9.17, 15) is 14.7 Å². The minimum absolute atomic E-state index is 0.285. The molecule has 0 bridgehead atoms. The second-order valence-corrected chi connectivity index (χ2v) is 6.21. The first kappa shape index (κ1) is 17.0. The summed E-state index contributed by atoms with van der Waals surface area (Å²) in [6, 6.07) is -0.329. The van der Waals surface area contributed by atoms with Crippen molar-refractivity contribution in [1.82, 2.24) is 10.2 Å². The first-order valence-corrected chi connectivity index (χ1v) is 7.64. The molecule has 1 saturated carbocycles. The van der Waals surface area contributed by atoms with Gasteiger partial charge in [0.1, 0.15) is 6.04 Å². The first-order chi connectivity index (χ1) is 9.40. The summed E-state index contributed by atoms with van der Waals surface area (Å²) >= 11 is 0. The second-order valence-electron chi connectivity index (χ2n) is 6.21. The van der Waals surface area contributed by atoms with Crippen molar-refractivity contribution in [2.24, 2.45) is 5.92 Å². The van der Waals surface area contributed by atoms with Gasteiger partial charge in [-0.2, -0.15) is 0 Å². The van der Waals surface area contributed by atoms with E-state index in [1.54, 1.807) is 0 Å². The van der Waals surface area contributed by atoms with Gasteiger partial charge >= 0.3 is 5.97 Å². The molecule has 1 fully saturated rings.